The van der Waals surface area contributed by atoms with Crippen molar-refractivity contribution in [1.82, 2.24) is 19.8 Å². The monoisotopic (exact) mass is 339 g/mol. The molecule has 0 aromatic carbocycles. The molecule has 1 fully saturated rings. The van der Waals surface area contributed by atoms with E-state index in [2.05, 4.69) is 15.3 Å². The van der Waals surface area contributed by atoms with E-state index in [0.29, 0.717) is 38.4 Å². The van der Waals surface area contributed by atoms with Crippen LogP contribution >= 0.6 is 0 Å². The van der Waals surface area contributed by atoms with Crippen LogP contribution in [0.4, 0.5) is 5.69 Å². The largest absolute Gasteiger partial charge is 0.378 e. The van der Waals surface area contributed by atoms with Crippen molar-refractivity contribution in [3.05, 3.63) is 54.1 Å². The summed E-state index contributed by atoms with van der Waals surface area (Å²) >= 11 is 0. The van der Waals surface area contributed by atoms with Crippen molar-refractivity contribution >= 4 is 17.5 Å². The molecule has 130 valence electrons. The van der Waals surface area contributed by atoms with Gasteiger partial charge in [0, 0.05) is 39.3 Å². The molecule has 1 saturated heterocycles. The zero-order chi connectivity index (χ0) is 17.6. The lowest BCUT2D eigenvalue weighted by atomic mass is 10.2. The van der Waals surface area contributed by atoms with Crippen molar-refractivity contribution in [2.24, 2.45) is 0 Å². The fraction of sp³-hybridized carbons (Fsp3) is 0.333. The lowest BCUT2D eigenvalue weighted by molar-refractivity contribution is -0.130. The quantitative estimate of drug-likeness (QED) is 0.911. The van der Waals surface area contributed by atoms with E-state index in [9.17, 15) is 9.59 Å². The molecule has 0 radical (unpaired) electrons. The number of hydrogen-bond donors (Lipinski definition) is 1. The first-order chi connectivity index (χ1) is 12.1. The Hall–Kier alpha value is -2.96. The van der Waals surface area contributed by atoms with Gasteiger partial charge >= 0.3 is 0 Å². The van der Waals surface area contributed by atoms with E-state index in [1.165, 1.54) is 0 Å². The Labute approximate surface area is 146 Å². The van der Waals surface area contributed by atoms with Gasteiger partial charge in [0.25, 0.3) is 5.91 Å². The summed E-state index contributed by atoms with van der Waals surface area (Å²) in [4.78, 5) is 35.8. The molecule has 7 nitrogen and oxygen atoms in total. The van der Waals surface area contributed by atoms with E-state index in [1.807, 2.05) is 24.3 Å². The fourth-order valence-corrected chi connectivity index (χ4v) is 2.71. The number of carbonyl (C=O) groups excluding carboxylic acids is 2. The van der Waals surface area contributed by atoms with Crippen LogP contribution in [0, 0.1) is 0 Å². The molecule has 0 spiro atoms. The van der Waals surface area contributed by atoms with Crippen LogP contribution in [-0.4, -0.2) is 57.8 Å². The van der Waals surface area contributed by atoms with Crippen LogP contribution in [0.5, 0.6) is 0 Å². The van der Waals surface area contributed by atoms with Crippen molar-refractivity contribution in [1.29, 1.82) is 0 Å². The molecule has 0 saturated carbocycles. The lowest BCUT2D eigenvalue weighted by Crippen LogP contribution is -2.50. The number of nitrogens with one attached hydrogen (secondary N) is 1. The summed E-state index contributed by atoms with van der Waals surface area (Å²) in [6.07, 6.45) is 3.41. The molecule has 0 bridgehead atoms. The van der Waals surface area contributed by atoms with Gasteiger partial charge in [0.15, 0.2) is 0 Å². The number of amides is 2. The maximum Gasteiger partial charge on any atom is 0.272 e. The molecule has 1 N–H and O–H groups in total. The summed E-state index contributed by atoms with van der Waals surface area (Å²) in [7, 11) is 0. The fourth-order valence-electron chi connectivity index (χ4n) is 2.71. The van der Waals surface area contributed by atoms with E-state index in [1.54, 1.807) is 35.2 Å². The molecule has 1 aliphatic rings. The van der Waals surface area contributed by atoms with Crippen LogP contribution in [0.3, 0.4) is 0 Å². The first kappa shape index (κ1) is 16.9. The van der Waals surface area contributed by atoms with Gasteiger partial charge < -0.3 is 15.1 Å². The van der Waals surface area contributed by atoms with Gasteiger partial charge in [0.2, 0.25) is 5.91 Å². The van der Waals surface area contributed by atoms with Gasteiger partial charge in [0.05, 0.1) is 24.1 Å². The average Bonchev–Trinajstić information content (AvgIpc) is 2.67. The summed E-state index contributed by atoms with van der Waals surface area (Å²) in [6.45, 7) is 4.38. The lowest BCUT2D eigenvalue weighted by Gasteiger charge is -2.34. The van der Waals surface area contributed by atoms with Gasteiger partial charge in [-0.05, 0) is 24.3 Å². The molecule has 2 aromatic heterocycles. The number of anilines is 1. The third kappa shape index (κ3) is 4.32. The van der Waals surface area contributed by atoms with Crippen molar-refractivity contribution in [3.63, 3.8) is 0 Å². The zero-order valence-corrected chi connectivity index (χ0v) is 14.2. The second kappa shape index (κ2) is 7.74. The van der Waals surface area contributed by atoms with Gasteiger partial charge in [-0.1, -0.05) is 6.07 Å². The molecular weight excluding hydrogens is 318 g/mol. The highest BCUT2D eigenvalue weighted by Gasteiger charge is 2.23. The third-order valence-electron chi connectivity index (χ3n) is 4.19. The van der Waals surface area contributed by atoms with Crippen LogP contribution in [-0.2, 0) is 11.3 Å². The Bertz CT molecular complexity index is 725. The number of carbonyl (C=O) groups is 2. The van der Waals surface area contributed by atoms with Crippen LogP contribution in [0.25, 0.3) is 0 Å². The van der Waals surface area contributed by atoms with Gasteiger partial charge in [-0.2, -0.15) is 0 Å². The number of hydrogen-bond acceptors (Lipinski definition) is 5. The second-order valence-corrected chi connectivity index (χ2v) is 5.91. The average molecular weight is 339 g/mol. The highest BCUT2D eigenvalue weighted by molar-refractivity contribution is 5.92. The minimum Gasteiger partial charge on any atom is -0.378 e. The molecule has 3 rings (SSSR count). The first-order valence-electron chi connectivity index (χ1n) is 8.28. The van der Waals surface area contributed by atoms with Crippen LogP contribution in [0.15, 0.2) is 42.7 Å². The Kier molecular flexibility index (Phi) is 5.23. The minimum atomic E-state index is -0.0977. The van der Waals surface area contributed by atoms with Crippen LogP contribution in [0.2, 0.25) is 0 Å². The molecule has 1 aliphatic heterocycles. The Morgan fingerprint density at radius 1 is 1.04 bits per heavy atom. The molecule has 25 heavy (non-hydrogen) atoms. The van der Waals surface area contributed by atoms with Gasteiger partial charge in [-0.25, -0.2) is 4.98 Å². The first-order valence-corrected chi connectivity index (χ1v) is 8.28. The molecule has 3 heterocycles. The zero-order valence-electron chi connectivity index (χ0n) is 14.2. The molecule has 0 aliphatic carbocycles. The standard InChI is InChI=1S/C18H21N5O2/c1-14(24)22-8-10-23(11-9-22)18(25)17-6-5-16(13-21-17)20-12-15-4-2-3-7-19-15/h2-7,13,20H,8-12H2,1H3. The molecule has 0 atom stereocenters. The van der Waals surface area contributed by atoms with E-state index in [4.69, 9.17) is 0 Å². The number of pyridine rings is 2. The normalized spacial score (nSPS) is 14.3. The molecule has 2 aromatic rings. The van der Waals surface area contributed by atoms with Crippen LogP contribution in [0.1, 0.15) is 23.1 Å². The predicted molar refractivity (Wildman–Crippen MR) is 94.0 cm³/mol. The summed E-state index contributed by atoms with van der Waals surface area (Å²) in [6, 6.07) is 9.33. The highest BCUT2D eigenvalue weighted by atomic mass is 16.2. The Balaban J connectivity index is 1.55. The van der Waals surface area contributed by atoms with Gasteiger partial charge in [0.1, 0.15) is 5.69 Å². The summed E-state index contributed by atoms with van der Waals surface area (Å²) in [5.41, 5.74) is 2.19. The second-order valence-electron chi connectivity index (χ2n) is 5.91. The van der Waals surface area contributed by atoms with Crippen molar-refractivity contribution in [2.45, 2.75) is 13.5 Å². The summed E-state index contributed by atoms with van der Waals surface area (Å²) in [5, 5.41) is 3.23. The van der Waals surface area contributed by atoms with Crippen molar-refractivity contribution in [3.8, 4) is 0 Å². The van der Waals surface area contributed by atoms with Gasteiger partial charge in [-0.15, -0.1) is 0 Å². The molecule has 2 amide bonds. The number of rotatable bonds is 4. The molecule has 0 unspecified atom stereocenters. The topological polar surface area (TPSA) is 78.4 Å². The van der Waals surface area contributed by atoms with E-state index in [0.717, 1.165) is 11.4 Å². The minimum absolute atomic E-state index is 0.0496. The summed E-state index contributed by atoms with van der Waals surface area (Å²) < 4.78 is 0. The Morgan fingerprint density at radius 2 is 1.80 bits per heavy atom. The highest BCUT2D eigenvalue weighted by Crippen LogP contribution is 2.11. The number of piperazine rings is 1. The number of nitrogens with zero attached hydrogens (tertiary/aromatic N) is 4. The van der Waals surface area contributed by atoms with Crippen LogP contribution < -0.4 is 5.32 Å². The molecular formula is C18H21N5O2. The van der Waals surface area contributed by atoms with E-state index >= 15 is 0 Å². The van der Waals surface area contributed by atoms with Crippen molar-refractivity contribution in [2.75, 3.05) is 31.5 Å². The van der Waals surface area contributed by atoms with E-state index < -0.39 is 0 Å². The van der Waals surface area contributed by atoms with Gasteiger partial charge in [-0.3, -0.25) is 14.6 Å². The maximum absolute atomic E-state index is 12.5. The predicted octanol–water partition coefficient (Wildman–Crippen LogP) is 1.39. The van der Waals surface area contributed by atoms with Crippen molar-refractivity contribution < 1.29 is 9.59 Å². The smallest absolute Gasteiger partial charge is 0.272 e. The number of aromatic nitrogens is 2. The third-order valence-corrected chi connectivity index (χ3v) is 4.19. The van der Waals surface area contributed by atoms with E-state index in [-0.39, 0.29) is 11.8 Å². The summed E-state index contributed by atoms with van der Waals surface area (Å²) in [5.74, 6) is -0.0481. The maximum atomic E-state index is 12.5. The molecule has 7 heteroatoms. The SMILES string of the molecule is CC(=O)N1CCN(C(=O)c2ccc(NCc3ccccn3)cn2)CC1. The Morgan fingerprint density at radius 3 is 2.40 bits per heavy atom.